The van der Waals surface area contributed by atoms with Crippen LogP contribution in [0.2, 0.25) is 0 Å². The monoisotopic (exact) mass is 491 g/mol. The Labute approximate surface area is 218 Å². The Morgan fingerprint density at radius 1 is 0.405 bits per heavy atom. The van der Waals surface area contributed by atoms with Crippen LogP contribution in [-0.2, 0) is 0 Å². The molecule has 3 aromatic carbocycles. The normalized spacial score (nSPS) is 11.2. The van der Waals surface area contributed by atoms with Gasteiger partial charge in [0, 0.05) is 23.3 Å². The number of hydrogen-bond donors (Lipinski definition) is 0. The molecule has 6 aromatic rings. The third-order valence-electron chi connectivity index (χ3n) is 6.73. The maximum absolute atomic E-state index is 5.33. The molecule has 4 heteroatoms. The van der Waals surface area contributed by atoms with E-state index in [9.17, 15) is 0 Å². The van der Waals surface area contributed by atoms with E-state index in [2.05, 4.69) is 113 Å². The van der Waals surface area contributed by atoms with Gasteiger partial charge in [-0.2, -0.15) is 0 Å². The summed E-state index contributed by atoms with van der Waals surface area (Å²) >= 11 is 0. The van der Waals surface area contributed by atoms with Crippen molar-refractivity contribution in [1.29, 1.82) is 0 Å². The van der Waals surface area contributed by atoms with E-state index in [1.54, 1.807) is 0 Å². The number of aromatic nitrogens is 3. The van der Waals surface area contributed by atoms with Crippen molar-refractivity contribution in [3.63, 3.8) is 0 Å². The minimum absolute atomic E-state index is 0.871. The molecule has 0 radical (unpaired) electrons. The van der Waals surface area contributed by atoms with Crippen LogP contribution in [0.1, 0.15) is 0 Å². The summed E-state index contributed by atoms with van der Waals surface area (Å²) < 4.78 is 0. The topological polar surface area (TPSA) is 38.7 Å². The Bertz CT molecular complexity index is 1480. The summed E-state index contributed by atoms with van der Waals surface area (Å²) in [6.07, 6.45) is 3.66. The fourth-order valence-electron chi connectivity index (χ4n) is 5.07. The van der Waals surface area contributed by atoms with Crippen LogP contribution in [0.25, 0.3) is 22.6 Å². The third-order valence-corrected chi connectivity index (χ3v) is 11.4. The van der Waals surface area contributed by atoms with Crippen LogP contribution >= 0.6 is 0 Å². The summed E-state index contributed by atoms with van der Waals surface area (Å²) in [4.78, 5) is 14.6. The van der Waals surface area contributed by atoms with E-state index in [0.29, 0.717) is 0 Å². The van der Waals surface area contributed by atoms with Gasteiger partial charge in [0.2, 0.25) is 8.07 Å². The minimum Gasteiger partial charge on any atom is -0.256 e. The van der Waals surface area contributed by atoms with Crippen LogP contribution in [0, 0.1) is 0 Å². The lowest BCUT2D eigenvalue weighted by Crippen LogP contribution is -2.75. The van der Waals surface area contributed by atoms with E-state index in [4.69, 9.17) is 4.98 Å². The Kier molecular flexibility index (Phi) is 6.23. The van der Waals surface area contributed by atoms with Crippen molar-refractivity contribution in [3.8, 4) is 22.6 Å². The van der Waals surface area contributed by atoms with Gasteiger partial charge >= 0.3 is 0 Å². The SMILES string of the molecule is c1ccc([Si](c2ccccc2)(c2cccc(-c3ccccn3)c2)c2cccc(-c3ccccn3)n2)cc1. The van der Waals surface area contributed by atoms with Gasteiger partial charge in [-0.1, -0.05) is 103 Å². The van der Waals surface area contributed by atoms with Crippen molar-refractivity contribution >= 4 is 29.0 Å². The Morgan fingerprint density at radius 2 is 0.946 bits per heavy atom. The Balaban J connectivity index is 1.68. The highest BCUT2D eigenvalue weighted by atomic mass is 28.3. The van der Waals surface area contributed by atoms with E-state index < -0.39 is 8.07 Å². The van der Waals surface area contributed by atoms with Crippen LogP contribution < -0.4 is 20.9 Å². The highest BCUT2D eigenvalue weighted by Gasteiger charge is 2.43. The van der Waals surface area contributed by atoms with Crippen molar-refractivity contribution in [1.82, 2.24) is 15.0 Å². The van der Waals surface area contributed by atoms with Crippen LogP contribution in [0.3, 0.4) is 0 Å². The molecule has 6 rings (SSSR count). The zero-order chi connectivity index (χ0) is 24.9. The van der Waals surface area contributed by atoms with Crippen molar-refractivity contribution in [2.24, 2.45) is 0 Å². The average molecular weight is 492 g/mol. The molecule has 3 aromatic heterocycles. The lowest BCUT2D eigenvalue weighted by Gasteiger charge is -2.33. The summed E-state index contributed by atoms with van der Waals surface area (Å²) in [5.74, 6) is 0. The second-order valence-electron chi connectivity index (χ2n) is 8.90. The van der Waals surface area contributed by atoms with E-state index in [1.807, 2.05) is 48.8 Å². The molecule has 3 heterocycles. The zero-order valence-electron chi connectivity index (χ0n) is 20.3. The van der Waals surface area contributed by atoms with Crippen molar-refractivity contribution in [2.45, 2.75) is 0 Å². The molecule has 0 aliphatic rings. The van der Waals surface area contributed by atoms with Crippen LogP contribution in [0.5, 0.6) is 0 Å². The second kappa shape index (κ2) is 10.1. The highest BCUT2D eigenvalue weighted by Crippen LogP contribution is 2.18. The molecule has 0 spiro atoms. The third kappa shape index (κ3) is 4.28. The molecule has 0 fully saturated rings. The zero-order valence-corrected chi connectivity index (χ0v) is 21.3. The summed E-state index contributed by atoms with van der Waals surface area (Å²) in [6.45, 7) is 0. The van der Waals surface area contributed by atoms with Gasteiger partial charge in [0.05, 0.1) is 17.1 Å². The maximum atomic E-state index is 5.33. The standard InChI is InChI=1S/C33H25N3Si/c1-3-14-27(15-4-1)37(28-16-5-2-6-17-28,29-18-11-13-26(25-29)30-19-7-9-23-34-30)33-22-12-21-32(36-33)31-20-8-10-24-35-31/h1-25H. The molecule has 0 aliphatic carbocycles. The number of nitrogens with zero attached hydrogens (tertiary/aromatic N) is 3. The average Bonchev–Trinajstić information content (AvgIpc) is 3.00. The van der Waals surface area contributed by atoms with E-state index in [1.165, 1.54) is 15.6 Å². The number of pyridine rings is 3. The summed E-state index contributed by atoms with van der Waals surface area (Å²) in [5, 5.41) is 4.90. The van der Waals surface area contributed by atoms with E-state index in [-0.39, 0.29) is 0 Å². The van der Waals surface area contributed by atoms with Gasteiger partial charge in [0.25, 0.3) is 0 Å². The summed E-state index contributed by atoms with van der Waals surface area (Å²) in [5.41, 5.74) is 3.81. The second-order valence-corrected chi connectivity index (χ2v) is 12.6. The lowest BCUT2D eigenvalue weighted by atomic mass is 10.1. The minimum atomic E-state index is -2.80. The predicted octanol–water partition coefficient (Wildman–Crippen LogP) is 4.58. The molecular formula is C33H25N3Si. The fraction of sp³-hybridized carbons (Fsp3) is 0. The Hall–Kier alpha value is -4.67. The molecule has 0 atom stereocenters. The van der Waals surface area contributed by atoms with Crippen molar-refractivity contribution in [3.05, 3.63) is 152 Å². The van der Waals surface area contributed by atoms with Crippen LogP contribution in [0.4, 0.5) is 0 Å². The maximum Gasteiger partial charge on any atom is 0.201 e. The molecule has 0 amide bonds. The lowest BCUT2D eigenvalue weighted by molar-refractivity contribution is 1.26. The molecule has 0 bridgehead atoms. The first-order chi connectivity index (χ1) is 18.4. The Morgan fingerprint density at radius 3 is 1.57 bits per heavy atom. The van der Waals surface area contributed by atoms with Crippen molar-refractivity contribution in [2.75, 3.05) is 0 Å². The quantitative estimate of drug-likeness (QED) is 0.253. The highest BCUT2D eigenvalue weighted by molar-refractivity contribution is 7.19. The summed E-state index contributed by atoms with van der Waals surface area (Å²) in [6, 6.07) is 48.9. The van der Waals surface area contributed by atoms with Gasteiger partial charge in [0.1, 0.15) is 0 Å². The number of benzene rings is 3. The predicted molar refractivity (Wildman–Crippen MR) is 154 cm³/mol. The molecule has 37 heavy (non-hydrogen) atoms. The van der Waals surface area contributed by atoms with Gasteiger partial charge in [-0.05, 0) is 52.0 Å². The van der Waals surface area contributed by atoms with Crippen LogP contribution in [-0.4, -0.2) is 23.0 Å². The van der Waals surface area contributed by atoms with Gasteiger partial charge in [-0.3, -0.25) is 15.0 Å². The number of rotatable bonds is 6. The van der Waals surface area contributed by atoms with Gasteiger partial charge in [-0.15, -0.1) is 0 Å². The first-order valence-electron chi connectivity index (χ1n) is 12.4. The molecule has 0 unspecified atom stereocenters. The summed E-state index contributed by atoms with van der Waals surface area (Å²) in [7, 11) is -2.80. The molecule has 0 saturated carbocycles. The molecule has 3 nitrogen and oxygen atoms in total. The first-order valence-corrected chi connectivity index (χ1v) is 14.4. The van der Waals surface area contributed by atoms with E-state index >= 15 is 0 Å². The van der Waals surface area contributed by atoms with Crippen LogP contribution in [0.15, 0.2) is 152 Å². The van der Waals surface area contributed by atoms with Gasteiger partial charge < -0.3 is 0 Å². The largest absolute Gasteiger partial charge is 0.256 e. The van der Waals surface area contributed by atoms with Gasteiger partial charge in [0.15, 0.2) is 0 Å². The van der Waals surface area contributed by atoms with E-state index in [0.717, 1.165) is 28.0 Å². The van der Waals surface area contributed by atoms with Crippen molar-refractivity contribution < 1.29 is 0 Å². The first kappa shape index (κ1) is 22.8. The smallest absolute Gasteiger partial charge is 0.201 e. The molecule has 0 aliphatic heterocycles. The fourth-order valence-corrected chi connectivity index (χ4v) is 9.69. The molecule has 176 valence electrons. The molecule has 0 N–H and O–H groups in total. The molecule has 0 saturated heterocycles. The van der Waals surface area contributed by atoms with Gasteiger partial charge in [-0.25, -0.2) is 0 Å². The molecular weight excluding hydrogens is 466 g/mol. The number of hydrogen-bond acceptors (Lipinski definition) is 3.